The highest BCUT2D eigenvalue weighted by Gasteiger charge is 2.15. The average molecular weight is 462 g/mol. The number of hydrogen-bond acceptors (Lipinski definition) is 5. The molecule has 1 unspecified atom stereocenters. The molecule has 0 bridgehead atoms. The van der Waals surface area contributed by atoms with Crippen molar-refractivity contribution in [3.05, 3.63) is 74.4 Å². The molecule has 0 saturated heterocycles. The van der Waals surface area contributed by atoms with E-state index in [2.05, 4.69) is 10.6 Å². The van der Waals surface area contributed by atoms with Crippen LogP contribution in [0.4, 0.5) is 5.69 Å². The number of hydrogen-bond donors (Lipinski definition) is 2. The molecule has 2 aromatic carbocycles. The van der Waals surface area contributed by atoms with Crippen LogP contribution >= 0.6 is 0 Å². The van der Waals surface area contributed by atoms with E-state index < -0.39 is 0 Å². The molecular formula is C25H27N5O4. The smallest absolute Gasteiger partial charge is 0.331 e. The van der Waals surface area contributed by atoms with Gasteiger partial charge in [0.1, 0.15) is 0 Å². The van der Waals surface area contributed by atoms with Crippen molar-refractivity contribution in [2.24, 2.45) is 5.92 Å². The van der Waals surface area contributed by atoms with Crippen LogP contribution in [-0.2, 0) is 17.9 Å². The fraction of sp³-hybridized carbons (Fsp3) is 0.320. The summed E-state index contributed by atoms with van der Waals surface area (Å²) in [5.74, 6) is -0.716. The van der Waals surface area contributed by atoms with Gasteiger partial charge >= 0.3 is 5.69 Å². The number of anilines is 1. The third-order valence-electron chi connectivity index (χ3n) is 5.54. The predicted molar refractivity (Wildman–Crippen MR) is 130 cm³/mol. The zero-order chi connectivity index (χ0) is 24.8. The lowest BCUT2D eigenvalue weighted by molar-refractivity contribution is -0.116. The summed E-state index contributed by atoms with van der Waals surface area (Å²) in [6.45, 7) is 6.37. The molecule has 3 rings (SSSR count). The molecule has 34 heavy (non-hydrogen) atoms. The maximum absolute atomic E-state index is 12.7. The summed E-state index contributed by atoms with van der Waals surface area (Å²) in [6, 6.07) is 13.3. The van der Waals surface area contributed by atoms with Crippen LogP contribution in [0.25, 0.3) is 10.9 Å². The van der Waals surface area contributed by atoms with E-state index in [1.165, 1.54) is 15.2 Å². The topological polar surface area (TPSA) is 126 Å². The highest BCUT2D eigenvalue weighted by Crippen LogP contribution is 2.16. The molecule has 0 spiro atoms. The molecule has 0 fully saturated rings. The van der Waals surface area contributed by atoms with Gasteiger partial charge in [0.25, 0.3) is 11.5 Å². The van der Waals surface area contributed by atoms with E-state index in [1.807, 2.05) is 19.9 Å². The Hall–Kier alpha value is -4.19. The Bertz CT molecular complexity index is 1400. The third-order valence-corrected chi connectivity index (χ3v) is 5.54. The van der Waals surface area contributed by atoms with Crippen LogP contribution < -0.4 is 21.9 Å². The van der Waals surface area contributed by atoms with E-state index in [0.717, 1.165) is 0 Å². The first-order chi connectivity index (χ1) is 16.3. The Kier molecular flexibility index (Phi) is 7.64. The van der Waals surface area contributed by atoms with E-state index in [1.54, 1.807) is 43.3 Å². The summed E-state index contributed by atoms with van der Waals surface area (Å²) in [4.78, 5) is 50.1. The zero-order valence-electron chi connectivity index (χ0n) is 19.4. The predicted octanol–water partition coefficient (Wildman–Crippen LogP) is 2.47. The van der Waals surface area contributed by atoms with Crippen molar-refractivity contribution in [2.45, 2.75) is 40.3 Å². The number of aryl methyl sites for hydroxylation is 1. The molecule has 9 heteroatoms. The maximum Gasteiger partial charge on any atom is 0.331 e. The number of nitrogens with zero attached hydrogens (tertiary/aromatic N) is 3. The molecular weight excluding hydrogens is 434 g/mol. The minimum absolute atomic E-state index is 0.147. The van der Waals surface area contributed by atoms with Gasteiger partial charge in [0.15, 0.2) is 0 Å². The summed E-state index contributed by atoms with van der Waals surface area (Å²) in [7, 11) is 0. The molecule has 2 N–H and O–H groups in total. The van der Waals surface area contributed by atoms with Crippen molar-refractivity contribution >= 4 is 28.4 Å². The van der Waals surface area contributed by atoms with E-state index in [0.29, 0.717) is 34.3 Å². The fourth-order valence-corrected chi connectivity index (χ4v) is 3.79. The van der Waals surface area contributed by atoms with Gasteiger partial charge in [-0.15, -0.1) is 0 Å². The second-order valence-electron chi connectivity index (χ2n) is 8.07. The quantitative estimate of drug-likeness (QED) is 0.533. The van der Waals surface area contributed by atoms with Gasteiger partial charge in [-0.2, -0.15) is 5.26 Å². The Labute approximate surface area is 196 Å². The van der Waals surface area contributed by atoms with Crippen LogP contribution in [0.15, 0.2) is 52.1 Å². The van der Waals surface area contributed by atoms with Crippen LogP contribution in [0.2, 0.25) is 0 Å². The molecule has 3 aromatic rings. The Morgan fingerprint density at radius 3 is 2.47 bits per heavy atom. The first-order valence-corrected chi connectivity index (χ1v) is 11.1. The fourth-order valence-electron chi connectivity index (χ4n) is 3.79. The molecule has 1 atom stereocenters. The van der Waals surface area contributed by atoms with Gasteiger partial charge in [0, 0.05) is 37.3 Å². The van der Waals surface area contributed by atoms with Crippen molar-refractivity contribution in [3.63, 3.8) is 0 Å². The number of nitriles is 1. The maximum atomic E-state index is 12.7. The number of amides is 2. The number of fused-ring (bicyclic) bond motifs is 1. The zero-order valence-corrected chi connectivity index (χ0v) is 19.4. The van der Waals surface area contributed by atoms with Crippen molar-refractivity contribution in [1.82, 2.24) is 14.5 Å². The van der Waals surface area contributed by atoms with E-state index in [-0.39, 0.29) is 48.5 Å². The summed E-state index contributed by atoms with van der Waals surface area (Å²) >= 11 is 0. The Balaban J connectivity index is 1.66. The number of rotatable bonds is 8. The standard InChI is InChI=1S/C25H27N5O4/c1-4-29-21-10-9-19(13-20(21)24(33)30(5-2)25(29)34)28-22(31)11-16(3)15-27-23(32)18-8-6-7-17(12-18)14-26/h6-10,12-13,16H,4-5,11,15H2,1-3H3,(H,27,32)(H,28,31). The minimum atomic E-state index is -0.389. The van der Waals surface area contributed by atoms with Crippen LogP contribution in [0.3, 0.4) is 0 Å². The van der Waals surface area contributed by atoms with Gasteiger partial charge in [-0.25, -0.2) is 4.79 Å². The normalized spacial score (nSPS) is 11.6. The number of aromatic nitrogens is 2. The number of benzene rings is 2. The van der Waals surface area contributed by atoms with Crippen LogP contribution in [-0.4, -0.2) is 27.5 Å². The largest absolute Gasteiger partial charge is 0.352 e. The Morgan fingerprint density at radius 1 is 1.06 bits per heavy atom. The molecule has 0 aliphatic carbocycles. The van der Waals surface area contributed by atoms with Crippen molar-refractivity contribution in [3.8, 4) is 6.07 Å². The third kappa shape index (κ3) is 5.23. The lowest BCUT2D eigenvalue weighted by atomic mass is 10.1. The molecule has 176 valence electrons. The second-order valence-corrected chi connectivity index (χ2v) is 8.07. The number of nitrogens with one attached hydrogen (secondary N) is 2. The first kappa shape index (κ1) is 24.5. The molecule has 2 amide bonds. The van der Waals surface area contributed by atoms with Gasteiger partial charge in [0.2, 0.25) is 5.91 Å². The number of carbonyl (C=O) groups is 2. The SMILES string of the molecule is CCn1c(=O)c2cc(NC(=O)CC(C)CNC(=O)c3cccc(C#N)c3)ccc2n(CC)c1=O. The minimum Gasteiger partial charge on any atom is -0.352 e. The molecule has 1 heterocycles. The van der Waals surface area contributed by atoms with E-state index in [4.69, 9.17) is 5.26 Å². The van der Waals surface area contributed by atoms with Gasteiger partial charge in [-0.3, -0.25) is 23.5 Å². The van der Waals surface area contributed by atoms with Gasteiger partial charge in [-0.1, -0.05) is 13.0 Å². The lowest BCUT2D eigenvalue weighted by Gasteiger charge is -2.14. The summed E-state index contributed by atoms with van der Waals surface area (Å²) < 4.78 is 2.71. The van der Waals surface area contributed by atoms with Crippen molar-refractivity contribution < 1.29 is 9.59 Å². The van der Waals surface area contributed by atoms with Gasteiger partial charge in [-0.05, 0) is 56.2 Å². The average Bonchev–Trinajstić information content (AvgIpc) is 2.83. The van der Waals surface area contributed by atoms with Crippen molar-refractivity contribution in [1.29, 1.82) is 5.26 Å². The molecule has 0 saturated carbocycles. The van der Waals surface area contributed by atoms with Crippen LogP contribution in [0.5, 0.6) is 0 Å². The monoisotopic (exact) mass is 461 g/mol. The van der Waals surface area contributed by atoms with E-state index in [9.17, 15) is 19.2 Å². The highest BCUT2D eigenvalue weighted by molar-refractivity contribution is 5.95. The van der Waals surface area contributed by atoms with E-state index >= 15 is 0 Å². The van der Waals surface area contributed by atoms with Gasteiger partial charge in [0.05, 0.1) is 22.5 Å². The van der Waals surface area contributed by atoms with Crippen molar-refractivity contribution in [2.75, 3.05) is 11.9 Å². The molecule has 0 aliphatic rings. The molecule has 0 radical (unpaired) electrons. The lowest BCUT2D eigenvalue weighted by Crippen LogP contribution is -2.39. The summed E-state index contributed by atoms with van der Waals surface area (Å²) in [5, 5.41) is 14.9. The molecule has 9 nitrogen and oxygen atoms in total. The Morgan fingerprint density at radius 2 is 1.79 bits per heavy atom. The number of carbonyl (C=O) groups excluding carboxylic acids is 2. The first-order valence-electron chi connectivity index (χ1n) is 11.1. The molecule has 1 aromatic heterocycles. The summed E-state index contributed by atoms with van der Waals surface area (Å²) in [5.41, 5.74) is 1.03. The molecule has 0 aliphatic heterocycles. The second kappa shape index (κ2) is 10.6. The van der Waals surface area contributed by atoms with Gasteiger partial charge < -0.3 is 10.6 Å². The highest BCUT2D eigenvalue weighted by atomic mass is 16.2. The summed E-state index contributed by atoms with van der Waals surface area (Å²) in [6.07, 6.45) is 0.157. The van der Waals surface area contributed by atoms with Crippen LogP contribution in [0, 0.1) is 17.2 Å². The van der Waals surface area contributed by atoms with Crippen LogP contribution in [0.1, 0.15) is 43.1 Å².